The van der Waals surface area contributed by atoms with Crippen molar-refractivity contribution in [1.29, 1.82) is 0 Å². The van der Waals surface area contributed by atoms with Crippen LogP contribution in [0, 0.1) is 0 Å². The quantitative estimate of drug-likeness (QED) is 0.174. The zero-order valence-electron chi connectivity index (χ0n) is 33.4. The van der Waals surface area contributed by atoms with Gasteiger partial charge in [-0.2, -0.15) is 0 Å². The van der Waals surface area contributed by atoms with Crippen molar-refractivity contribution in [3.8, 4) is 45.5 Å². The lowest BCUT2D eigenvalue weighted by molar-refractivity contribution is 1.07. The molecule has 0 bridgehead atoms. The standard InChI is InChI=1S/C57H35N5/c1-3-15-36(16-4-1)55-58-56(42-27-28-51-47(32-42)46-25-13-14-26-50(46)61(51)44-22-5-2-6-23-44)60-57(59-55)43-29-41-21-11-12-24-45(41)52(35-43)62-53-33-39-19-9-7-17-37(39)30-48(53)49-31-38-18-8-10-20-40(38)34-54(49)62/h1-35H. The van der Waals surface area contributed by atoms with Gasteiger partial charge in [0.15, 0.2) is 17.5 Å². The highest BCUT2D eigenvalue weighted by atomic mass is 15.0. The fourth-order valence-corrected chi connectivity index (χ4v) is 9.57. The molecule has 0 aliphatic heterocycles. The molecular formula is C57H35N5. The molecule has 5 nitrogen and oxygen atoms in total. The molecule has 0 radical (unpaired) electrons. The number of rotatable bonds is 5. The highest BCUT2D eigenvalue weighted by Gasteiger charge is 2.20. The Kier molecular flexibility index (Phi) is 7.54. The van der Waals surface area contributed by atoms with Crippen LogP contribution in [0.4, 0.5) is 0 Å². The fourth-order valence-electron chi connectivity index (χ4n) is 9.57. The maximum Gasteiger partial charge on any atom is 0.164 e. The van der Waals surface area contributed by atoms with Gasteiger partial charge >= 0.3 is 0 Å². The highest BCUT2D eigenvalue weighted by molar-refractivity contribution is 6.18. The minimum absolute atomic E-state index is 0.615. The van der Waals surface area contributed by atoms with E-state index in [1.54, 1.807) is 0 Å². The summed E-state index contributed by atoms with van der Waals surface area (Å²) >= 11 is 0. The topological polar surface area (TPSA) is 48.5 Å². The molecule has 0 atom stereocenters. The van der Waals surface area contributed by atoms with E-state index in [1.807, 2.05) is 18.2 Å². The molecular weight excluding hydrogens is 755 g/mol. The van der Waals surface area contributed by atoms with Crippen molar-refractivity contribution in [2.45, 2.75) is 0 Å². The first-order valence-electron chi connectivity index (χ1n) is 21.0. The highest BCUT2D eigenvalue weighted by Crippen LogP contribution is 2.41. The normalized spacial score (nSPS) is 11.9. The van der Waals surface area contributed by atoms with E-state index in [0.29, 0.717) is 17.5 Å². The lowest BCUT2D eigenvalue weighted by Crippen LogP contribution is -2.02. The molecule has 0 saturated carbocycles. The summed E-state index contributed by atoms with van der Waals surface area (Å²) in [6, 6.07) is 75.8. The van der Waals surface area contributed by atoms with Gasteiger partial charge < -0.3 is 9.13 Å². The lowest BCUT2D eigenvalue weighted by Gasteiger charge is -2.15. The van der Waals surface area contributed by atoms with Crippen molar-refractivity contribution in [2.75, 3.05) is 0 Å². The third kappa shape index (κ3) is 5.38. The zero-order chi connectivity index (χ0) is 40.7. The molecule has 13 rings (SSSR count). The lowest BCUT2D eigenvalue weighted by atomic mass is 10.0. The Hall–Kier alpha value is -8.41. The SMILES string of the molecule is c1ccc(-c2nc(-c3cc(-n4c5cc6ccccc6cc5c5cc6ccccc6cc54)c4ccccc4c3)nc(-c3ccc4c(c3)c3ccccc3n4-c3ccccc3)n2)cc1. The second kappa shape index (κ2) is 13.6. The van der Waals surface area contributed by atoms with Crippen LogP contribution in [0.25, 0.3) is 121 Å². The van der Waals surface area contributed by atoms with E-state index in [9.17, 15) is 0 Å². The second-order valence-corrected chi connectivity index (χ2v) is 16.1. The van der Waals surface area contributed by atoms with Crippen LogP contribution in [-0.2, 0) is 0 Å². The van der Waals surface area contributed by atoms with Crippen LogP contribution in [0.1, 0.15) is 0 Å². The van der Waals surface area contributed by atoms with Crippen LogP contribution in [0.3, 0.4) is 0 Å². The van der Waals surface area contributed by atoms with Crippen molar-refractivity contribution in [3.05, 3.63) is 212 Å². The average Bonchev–Trinajstić information content (AvgIpc) is 3.83. The van der Waals surface area contributed by atoms with E-state index in [1.165, 1.54) is 37.7 Å². The molecule has 0 aliphatic rings. The van der Waals surface area contributed by atoms with Crippen molar-refractivity contribution in [3.63, 3.8) is 0 Å². The fraction of sp³-hybridized carbons (Fsp3) is 0. The van der Waals surface area contributed by atoms with E-state index >= 15 is 0 Å². The number of nitrogens with zero attached hydrogens (tertiary/aromatic N) is 5. The summed E-state index contributed by atoms with van der Waals surface area (Å²) in [5, 5.41) is 11.9. The van der Waals surface area contributed by atoms with Gasteiger partial charge in [0, 0.05) is 49.3 Å². The number of benzene rings is 10. The molecule has 0 fully saturated rings. The summed E-state index contributed by atoms with van der Waals surface area (Å²) in [6.45, 7) is 0. The monoisotopic (exact) mass is 789 g/mol. The van der Waals surface area contributed by atoms with Crippen LogP contribution < -0.4 is 0 Å². The third-order valence-corrected chi connectivity index (χ3v) is 12.5. The zero-order valence-corrected chi connectivity index (χ0v) is 33.4. The van der Waals surface area contributed by atoms with E-state index in [2.05, 4.69) is 203 Å². The molecule has 0 saturated heterocycles. The molecule has 62 heavy (non-hydrogen) atoms. The van der Waals surface area contributed by atoms with Gasteiger partial charge in [-0.3, -0.25) is 0 Å². The predicted molar refractivity (Wildman–Crippen MR) is 257 cm³/mol. The van der Waals surface area contributed by atoms with Gasteiger partial charge in [-0.05, 0) is 99.7 Å². The summed E-state index contributed by atoms with van der Waals surface area (Å²) in [4.78, 5) is 15.8. The number of aromatic nitrogens is 5. The Morgan fingerprint density at radius 2 is 0.742 bits per heavy atom. The molecule has 288 valence electrons. The number of fused-ring (bicyclic) bond motifs is 9. The number of hydrogen-bond acceptors (Lipinski definition) is 3. The Bertz CT molecular complexity index is 3830. The van der Waals surface area contributed by atoms with Gasteiger partial charge in [0.05, 0.1) is 27.8 Å². The Balaban J connectivity index is 1.07. The molecule has 3 heterocycles. The molecule has 3 aromatic heterocycles. The number of para-hydroxylation sites is 2. The summed E-state index contributed by atoms with van der Waals surface area (Å²) in [5.74, 6) is 1.86. The predicted octanol–water partition coefficient (Wildman–Crippen LogP) is 14.5. The number of hydrogen-bond donors (Lipinski definition) is 0. The van der Waals surface area contributed by atoms with Crippen molar-refractivity contribution in [1.82, 2.24) is 24.1 Å². The van der Waals surface area contributed by atoms with Crippen LogP contribution in [0.15, 0.2) is 212 Å². The van der Waals surface area contributed by atoms with Gasteiger partial charge in [-0.1, -0.05) is 140 Å². The van der Waals surface area contributed by atoms with E-state index in [4.69, 9.17) is 15.0 Å². The molecule has 0 N–H and O–H groups in total. The van der Waals surface area contributed by atoms with E-state index in [0.717, 1.165) is 66.3 Å². The van der Waals surface area contributed by atoms with Crippen LogP contribution in [0.5, 0.6) is 0 Å². The van der Waals surface area contributed by atoms with Crippen molar-refractivity contribution in [2.24, 2.45) is 0 Å². The Morgan fingerprint density at radius 3 is 1.40 bits per heavy atom. The molecule has 5 heteroatoms. The van der Waals surface area contributed by atoms with Gasteiger partial charge in [-0.15, -0.1) is 0 Å². The van der Waals surface area contributed by atoms with Gasteiger partial charge in [0.25, 0.3) is 0 Å². The van der Waals surface area contributed by atoms with E-state index < -0.39 is 0 Å². The van der Waals surface area contributed by atoms with Crippen LogP contribution >= 0.6 is 0 Å². The molecule has 0 aliphatic carbocycles. The first kappa shape index (κ1) is 34.5. The molecule has 10 aromatic carbocycles. The molecule has 0 amide bonds. The van der Waals surface area contributed by atoms with Crippen molar-refractivity contribution >= 4 is 75.9 Å². The Morgan fingerprint density at radius 1 is 0.258 bits per heavy atom. The third-order valence-electron chi connectivity index (χ3n) is 12.5. The average molecular weight is 790 g/mol. The second-order valence-electron chi connectivity index (χ2n) is 16.1. The van der Waals surface area contributed by atoms with Crippen LogP contribution in [0.2, 0.25) is 0 Å². The summed E-state index contributed by atoms with van der Waals surface area (Å²) < 4.78 is 4.78. The maximum absolute atomic E-state index is 5.35. The Labute approximate surface area is 356 Å². The summed E-state index contributed by atoms with van der Waals surface area (Å²) in [5.41, 5.74) is 9.56. The first-order valence-corrected chi connectivity index (χ1v) is 21.0. The van der Waals surface area contributed by atoms with Gasteiger partial charge in [0.1, 0.15) is 0 Å². The van der Waals surface area contributed by atoms with E-state index in [-0.39, 0.29) is 0 Å². The maximum atomic E-state index is 5.35. The minimum atomic E-state index is 0.615. The molecule has 0 spiro atoms. The van der Waals surface area contributed by atoms with Crippen LogP contribution in [-0.4, -0.2) is 24.1 Å². The first-order chi connectivity index (χ1) is 30.7. The minimum Gasteiger partial charge on any atom is -0.309 e. The summed E-state index contributed by atoms with van der Waals surface area (Å²) in [7, 11) is 0. The smallest absolute Gasteiger partial charge is 0.164 e. The molecule has 0 unspecified atom stereocenters. The molecule has 13 aromatic rings. The largest absolute Gasteiger partial charge is 0.309 e. The summed E-state index contributed by atoms with van der Waals surface area (Å²) in [6.07, 6.45) is 0. The van der Waals surface area contributed by atoms with Gasteiger partial charge in [0.2, 0.25) is 0 Å². The van der Waals surface area contributed by atoms with Gasteiger partial charge in [-0.25, -0.2) is 15.0 Å². The van der Waals surface area contributed by atoms with Crippen molar-refractivity contribution < 1.29 is 0 Å².